The Bertz CT molecular complexity index is 1880. The molecular weight excluding hydrogens is 653 g/mol. The summed E-state index contributed by atoms with van der Waals surface area (Å²) in [6.45, 7) is 14.5. The lowest BCUT2D eigenvalue weighted by molar-refractivity contribution is -0.125. The number of rotatable bonds is 8. The number of carbonyl (C=O) groups excluding carboxylic acids is 1. The number of likely N-dealkylation sites (N-methyl/N-ethyl adjacent to an activating group) is 1. The van der Waals surface area contributed by atoms with Gasteiger partial charge in [-0.05, 0) is 96.1 Å². The van der Waals surface area contributed by atoms with Gasteiger partial charge in [0.15, 0.2) is 5.82 Å². The molecule has 2 aromatic carbocycles. The van der Waals surface area contributed by atoms with Crippen molar-refractivity contribution in [3.63, 3.8) is 0 Å². The third-order valence-electron chi connectivity index (χ3n) is 11.2. The summed E-state index contributed by atoms with van der Waals surface area (Å²) in [6, 6.07) is 12.2. The number of aromatic nitrogens is 3. The first-order valence-electron chi connectivity index (χ1n) is 18.0. The van der Waals surface area contributed by atoms with Crippen molar-refractivity contribution in [2.24, 2.45) is 0 Å². The van der Waals surface area contributed by atoms with Gasteiger partial charge in [0.05, 0.1) is 10.9 Å². The Hall–Kier alpha value is -3.86. The Kier molecular flexibility index (Phi) is 9.96. The van der Waals surface area contributed by atoms with Gasteiger partial charge in [-0.3, -0.25) is 14.7 Å². The minimum absolute atomic E-state index is 0.0109. The first-order chi connectivity index (χ1) is 24.2. The van der Waals surface area contributed by atoms with Gasteiger partial charge in [-0.2, -0.15) is 9.97 Å². The lowest BCUT2D eigenvalue weighted by atomic mass is 9.95. The number of pyridine rings is 1. The van der Waals surface area contributed by atoms with Gasteiger partial charge in [-0.1, -0.05) is 48.5 Å². The number of hydrogen-bond donors (Lipinski definition) is 0. The van der Waals surface area contributed by atoms with Gasteiger partial charge >= 0.3 is 6.01 Å². The molecule has 1 unspecified atom stereocenters. The third kappa shape index (κ3) is 6.53. The van der Waals surface area contributed by atoms with Crippen molar-refractivity contribution in [2.75, 3.05) is 57.8 Å². The van der Waals surface area contributed by atoms with E-state index in [0.717, 1.165) is 62.0 Å². The van der Waals surface area contributed by atoms with Crippen molar-refractivity contribution in [2.45, 2.75) is 70.0 Å². The highest BCUT2D eigenvalue weighted by molar-refractivity contribution is 6.36. The normalized spacial score (nSPS) is 20.1. The number of hydrogen-bond acceptors (Lipinski definition) is 8. The first-order valence-corrected chi connectivity index (χ1v) is 18.4. The molecule has 0 saturated carbocycles. The molecular formula is C39H47ClFN7O2. The second kappa shape index (κ2) is 14.4. The van der Waals surface area contributed by atoms with Crippen LogP contribution < -0.4 is 9.64 Å². The van der Waals surface area contributed by atoms with E-state index in [0.29, 0.717) is 41.5 Å². The van der Waals surface area contributed by atoms with Crippen molar-refractivity contribution >= 4 is 45.0 Å². The molecule has 4 aromatic rings. The zero-order valence-corrected chi connectivity index (χ0v) is 30.1. The second-order valence-corrected chi connectivity index (χ2v) is 14.8. The average molecular weight is 700 g/mol. The highest BCUT2D eigenvalue weighted by atomic mass is 35.5. The van der Waals surface area contributed by atoms with Gasteiger partial charge in [-0.25, -0.2) is 4.39 Å². The predicted molar refractivity (Wildman–Crippen MR) is 198 cm³/mol. The van der Waals surface area contributed by atoms with Crippen LogP contribution in [-0.2, 0) is 4.79 Å². The van der Waals surface area contributed by atoms with Crippen LogP contribution in [0.25, 0.3) is 32.9 Å². The summed E-state index contributed by atoms with van der Waals surface area (Å²) in [5, 5.41) is 2.64. The van der Waals surface area contributed by atoms with Gasteiger partial charge < -0.3 is 19.4 Å². The number of halogens is 2. The zero-order valence-electron chi connectivity index (χ0n) is 29.4. The van der Waals surface area contributed by atoms with Gasteiger partial charge in [0, 0.05) is 54.4 Å². The van der Waals surface area contributed by atoms with E-state index in [1.54, 1.807) is 17.2 Å². The maximum atomic E-state index is 16.6. The molecule has 4 fully saturated rings. The summed E-state index contributed by atoms with van der Waals surface area (Å²) in [7, 11) is 1.92. The van der Waals surface area contributed by atoms with Crippen LogP contribution >= 0.6 is 11.6 Å². The molecule has 8 rings (SSSR count). The standard InChI is InChI=1S/C33H34ClFN6O2.C6H13N/c1-3-26(42)40-17-12-22(19-40)39(2)31-24-18-36-29(23-10-4-8-21-9-5-11-25(34)27(21)23)28(35)30(24)37-32(38-31)43-20-33-13-6-15-41(33)16-7-14-33;1-6(2)7-4-3-5-7/h3-5,8-11,18,22H,1,6-7,12-17,19-20H2,2H3;6H,3-5H2,1-2H3. The van der Waals surface area contributed by atoms with E-state index >= 15 is 4.39 Å². The van der Waals surface area contributed by atoms with E-state index in [-0.39, 0.29) is 34.7 Å². The molecule has 50 heavy (non-hydrogen) atoms. The van der Waals surface area contributed by atoms with Crippen LogP contribution in [0.4, 0.5) is 10.2 Å². The molecule has 0 N–H and O–H groups in total. The monoisotopic (exact) mass is 699 g/mol. The summed E-state index contributed by atoms with van der Waals surface area (Å²) in [4.78, 5) is 35.1. The second-order valence-electron chi connectivity index (χ2n) is 14.4. The van der Waals surface area contributed by atoms with E-state index in [1.807, 2.05) is 42.3 Å². The summed E-state index contributed by atoms with van der Waals surface area (Å²) < 4.78 is 23.0. The molecule has 1 atom stereocenters. The maximum Gasteiger partial charge on any atom is 0.319 e. The molecule has 6 heterocycles. The van der Waals surface area contributed by atoms with Crippen LogP contribution in [0.5, 0.6) is 6.01 Å². The molecule has 0 bridgehead atoms. The average Bonchev–Trinajstić information content (AvgIpc) is 3.83. The van der Waals surface area contributed by atoms with Crippen molar-refractivity contribution in [3.8, 4) is 17.3 Å². The molecule has 0 aliphatic carbocycles. The van der Waals surface area contributed by atoms with Crippen molar-refractivity contribution in [1.29, 1.82) is 0 Å². The number of likely N-dealkylation sites (tertiary alicyclic amines) is 2. The summed E-state index contributed by atoms with van der Waals surface area (Å²) >= 11 is 6.60. The van der Waals surface area contributed by atoms with Crippen molar-refractivity contribution in [1.82, 2.24) is 29.7 Å². The molecule has 4 saturated heterocycles. The Labute approximate surface area is 299 Å². The lowest BCUT2D eigenvalue weighted by Gasteiger charge is -2.34. The molecule has 11 heteroatoms. The lowest BCUT2D eigenvalue weighted by Crippen LogP contribution is -2.43. The van der Waals surface area contributed by atoms with E-state index < -0.39 is 5.82 Å². The number of carbonyl (C=O) groups is 1. The number of benzene rings is 2. The minimum atomic E-state index is -0.553. The third-order valence-corrected chi connectivity index (χ3v) is 11.5. The fourth-order valence-electron chi connectivity index (χ4n) is 8.11. The Morgan fingerprint density at radius 2 is 1.84 bits per heavy atom. The van der Waals surface area contributed by atoms with Gasteiger partial charge in [0.25, 0.3) is 0 Å². The first kappa shape index (κ1) is 34.6. The van der Waals surface area contributed by atoms with Crippen LogP contribution in [0.3, 0.4) is 0 Å². The van der Waals surface area contributed by atoms with E-state index in [2.05, 4.69) is 40.2 Å². The van der Waals surface area contributed by atoms with E-state index in [9.17, 15) is 4.79 Å². The highest BCUT2D eigenvalue weighted by Gasteiger charge is 2.45. The summed E-state index contributed by atoms with van der Waals surface area (Å²) in [5.41, 5.74) is 0.900. The predicted octanol–water partition coefficient (Wildman–Crippen LogP) is 6.97. The maximum absolute atomic E-state index is 16.6. The summed E-state index contributed by atoms with van der Waals surface area (Å²) in [6.07, 6.45) is 9.58. The SMILES string of the molecule is C=CC(=O)N1CCC(N(C)c2nc(OCC34CCCN3CCC4)nc3c(F)c(-c4cccc5cccc(Cl)c45)ncc23)C1.CC(C)N1CCC1. The van der Waals surface area contributed by atoms with Crippen molar-refractivity contribution < 1.29 is 13.9 Å². The molecule has 4 aliphatic rings. The number of nitrogens with zero attached hydrogens (tertiary/aromatic N) is 7. The molecule has 4 aliphatic heterocycles. The smallest absolute Gasteiger partial charge is 0.319 e. The highest BCUT2D eigenvalue weighted by Crippen LogP contribution is 2.40. The number of amides is 1. The van der Waals surface area contributed by atoms with Crippen LogP contribution in [0.15, 0.2) is 55.3 Å². The molecule has 264 valence electrons. The van der Waals surface area contributed by atoms with Crippen LogP contribution in [0.2, 0.25) is 5.02 Å². The van der Waals surface area contributed by atoms with Crippen LogP contribution in [-0.4, -0.2) is 106 Å². The van der Waals surface area contributed by atoms with Crippen LogP contribution in [0, 0.1) is 5.82 Å². The Morgan fingerprint density at radius 1 is 1.10 bits per heavy atom. The molecule has 0 spiro atoms. The van der Waals surface area contributed by atoms with Crippen molar-refractivity contribution in [3.05, 3.63) is 66.1 Å². The minimum Gasteiger partial charge on any atom is -0.461 e. The largest absolute Gasteiger partial charge is 0.461 e. The van der Waals surface area contributed by atoms with E-state index in [4.69, 9.17) is 21.3 Å². The zero-order chi connectivity index (χ0) is 35.0. The number of fused-ring (bicyclic) bond motifs is 3. The van der Waals surface area contributed by atoms with Gasteiger partial charge in [0.1, 0.15) is 23.6 Å². The van der Waals surface area contributed by atoms with E-state index in [1.165, 1.54) is 25.6 Å². The molecule has 9 nitrogen and oxygen atoms in total. The fourth-order valence-corrected chi connectivity index (χ4v) is 8.40. The van der Waals surface area contributed by atoms with Gasteiger partial charge in [0.2, 0.25) is 5.91 Å². The quantitative estimate of drug-likeness (QED) is 0.183. The number of ether oxygens (including phenoxy) is 1. The fraction of sp³-hybridized carbons (Fsp3) is 0.487. The number of anilines is 1. The Morgan fingerprint density at radius 3 is 2.50 bits per heavy atom. The van der Waals surface area contributed by atoms with Gasteiger partial charge in [-0.15, -0.1) is 0 Å². The molecule has 0 radical (unpaired) electrons. The molecule has 2 aromatic heterocycles. The summed E-state index contributed by atoms with van der Waals surface area (Å²) in [5.74, 6) is -0.127. The topological polar surface area (TPSA) is 77.9 Å². The Balaban J connectivity index is 0.000000501. The van der Waals surface area contributed by atoms with Crippen LogP contribution in [0.1, 0.15) is 52.4 Å². The molecule has 1 amide bonds.